The molecule has 116 heavy (non-hydrogen) atoms. The van der Waals surface area contributed by atoms with Crippen molar-refractivity contribution in [3.8, 4) is 11.5 Å². The van der Waals surface area contributed by atoms with Gasteiger partial charge in [0.1, 0.15) is 24.7 Å². The minimum absolute atomic E-state index is 0.131. The highest BCUT2D eigenvalue weighted by atomic mass is 35.5. The number of aliphatic hydroxyl groups is 2. The third-order valence-electron chi connectivity index (χ3n) is 15.2. The summed E-state index contributed by atoms with van der Waals surface area (Å²) >= 11 is 5.58. The molecule has 0 saturated carbocycles. The lowest BCUT2D eigenvalue weighted by molar-refractivity contribution is -0.222. The van der Waals surface area contributed by atoms with Gasteiger partial charge < -0.3 is 68.2 Å². The van der Waals surface area contributed by atoms with Crippen molar-refractivity contribution >= 4 is 71.3 Å². The molecule has 0 radical (unpaired) electrons. The molecule has 3 rings (SSSR count). The number of methoxy groups -OCH3 is 2. The van der Waals surface area contributed by atoms with Gasteiger partial charge >= 0.3 is 84.4 Å². The molecular weight excluding hydrogens is 1600 g/mol. The molecule has 0 saturated heterocycles. The normalized spacial score (nSPS) is 12.8. The molecule has 24 nitrogen and oxygen atoms in total. The van der Waals surface area contributed by atoms with Gasteiger partial charge in [0.2, 0.25) is 12.2 Å². The van der Waals surface area contributed by atoms with Crippen molar-refractivity contribution in [2.45, 2.75) is 276 Å². The van der Waals surface area contributed by atoms with Gasteiger partial charge in [0.05, 0.1) is 77.5 Å². The summed E-state index contributed by atoms with van der Waals surface area (Å²) in [7, 11) is 2.97. The molecule has 5 N–H and O–H groups in total. The number of carboxylic acid groups (broad SMARTS) is 3. The van der Waals surface area contributed by atoms with Crippen molar-refractivity contribution in [1.82, 2.24) is 0 Å². The second-order valence-electron chi connectivity index (χ2n) is 25.8. The second-order valence-corrected chi connectivity index (χ2v) is 26.1. The molecule has 0 amide bonds. The van der Waals surface area contributed by atoms with Crippen LogP contribution in [0, 0.1) is 6.92 Å². The molecule has 0 heterocycles. The number of aliphatic carboxylic acids is 3. The van der Waals surface area contributed by atoms with Gasteiger partial charge in [-0.2, -0.15) is 52.7 Å². The van der Waals surface area contributed by atoms with E-state index < -0.39 is 171 Å². The lowest BCUT2D eigenvalue weighted by Gasteiger charge is -2.20. The van der Waals surface area contributed by atoms with Crippen molar-refractivity contribution in [2.75, 3.05) is 14.2 Å². The monoisotopic (exact) mass is 1700 g/mol. The third-order valence-corrected chi connectivity index (χ3v) is 15.5. The summed E-state index contributed by atoms with van der Waals surface area (Å²) in [6.07, 6.45) is -23.6. The number of halogens is 13. The number of aryl methyl sites for hydroxylation is 1. The average Bonchev–Trinajstić information content (AvgIpc) is 0.867. The van der Waals surface area contributed by atoms with Crippen LogP contribution in [0.5, 0.6) is 11.5 Å². The van der Waals surface area contributed by atoms with Crippen molar-refractivity contribution in [1.29, 1.82) is 0 Å². The zero-order valence-corrected chi connectivity index (χ0v) is 66.9. The number of rotatable bonds is 44. The van der Waals surface area contributed by atoms with E-state index in [0.717, 1.165) is 70.6 Å². The number of ether oxygens (including phenoxy) is 9. The predicted octanol–water partition coefficient (Wildman–Crippen LogP) is 17.3. The van der Waals surface area contributed by atoms with Crippen molar-refractivity contribution < 1.29 is 169 Å². The predicted molar refractivity (Wildman–Crippen MR) is 398 cm³/mol. The summed E-state index contributed by atoms with van der Waals surface area (Å²) in [5.74, 6) is -10.2. The van der Waals surface area contributed by atoms with Crippen LogP contribution in [0.15, 0.2) is 109 Å². The molecule has 0 aliphatic carbocycles. The van der Waals surface area contributed by atoms with Gasteiger partial charge in [0.25, 0.3) is 0 Å². The van der Waals surface area contributed by atoms with Gasteiger partial charge in [-0.1, -0.05) is 152 Å². The number of carbonyl (C=O) groups excluding carboxylic acids is 7. The maximum atomic E-state index is 13.3. The topological polar surface area (TPSA) is 355 Å². The van der Waals surface area contributed by atoms with Crippen LogP contribution in [-0.4, -0.2) is 167 Å². The van der Waals surface area contributed by atoms with E-state index in [1.165, 1.54) is 38.2 Å². The average molecular weight is 1700 g/mol. The Morgan fingerprint density at radius 1 is 0.397 bits per heavy atom. The fourth-order valence-electron chi connectivity index (χ4n) is 8.60. The van der Waals surface area contributed by atoms with Crippen LogP contribution >= 0.6 is 11.6 Å². The zero-order chi connectivity index (χ0) is 89.5. The first-order valence-electron chi connectivity index (χ1n) is 36.4. The number of hydrogen-bond acceptors (Lipinski definition) is 21. The molecule has 0 aromatic heterocycles. The number of aliphatic hydroxyl groups excluding tert-OH is 2. The largest absolute Gasteiger partial charge is 0.497 e. The Labute approximate surface area is 671 Å². The lowest BCUT2D eigenvalue weighted by Crippen LogP contribution is -2.36. The molecule has 0 spiro atoms. The molecule has 3 aromatic rings. The van der Waals surface area contributed by atoms with Crippen LogP contribution in [0.1, 0.15) is 205 Å². The Kier molecular flexibility index (Phi) is 57.4. The van der Waals surface area contributed by atoms with Crippen LogP contribution < -0.4 is 9.47 Å². The number of carbonyl (C=O) groups is 10. The molecule has 0 aliphatic heterocycles. The van der Waals surface area contributed by atoms with Crippen molar-refractivity contribution in [3.05, 3.63) is 132 Å². The fraction of sp³-hybridized carbons (Fsp3) is 0.570. The molecule has 3 aromatic carbocycles. The van der Waals surface area contributed by atoms with Crippen LogP contribution in [0.25, 0.3) is 0 Å². The zero-order valence-electron chi connectivity index (χ0n) is 66.2. The van der Waals surface area contributed by atoms with Gasteiger partial charge in [-0.15, -0.1) is 11.6 Å². The minimum Gasteiger partial charge on any atom is -0.497 e. The lowest BCUT2D eigenvalue weighted by atomic mass is 10.1. The molecular formula is C79H107ClF12O24. The van der Waals surface area contributed by atoms with Crippen molar-refractivity contribution in [2.24, 2.45) is 0 Å². The molecule has 658 valence electrons. The van der Waals surface area contributed by atoms with E-state index in [1.807, 2.05) is 19.1 Å². The first-order valence-corrected chi connectivity index (χ1v) is 36.9. The number of benzene rings is 3. The number of esters is 7. The van der Waals surface area contributed by atoms with E-state index in [2.05, 4.69) is 73.8 Å². The van der Waals surface area contributed by atoms with Crippen LogP contribution in [-0.2, 0) is 100 Å². The SMILES string of the molecule is C=C(CC(=O)O[C@H](C)CCCCCC)C(=O)O.C=C(CC(=O)O[C@H](C)CCCCCC)C(=O)O[C@H](CC(=O)O)C(F)(F)F.C=C(CC(=O)O[C@H](C)CCCCCC)C(=O)O[C@H](CC(=O)OCc1ccc(OC)cc1)C(F)(F)F.COc1ccc(COC(=O)C[C@@H](O)C(F)(F)F)cc1.Cc1ccc(CCl)cc1.O=C(O)C[C@@H](O)C(F)(F)F. The van der Waals surface area contributed by atoms with Crippen molar-refractivity contribution in [3.63, 3.8) is 0 Å². The van der Waals surface area contributed by atoms with E-state index in [0.29, 0.717) is 41.3 Å². The van der Waals surface area contributed by atoms with E-state index in [9.17, 15) is 101 Å². The maximum Gasteiger partial charge on any atom is 0.426 e. The molecule has 7 atom stereocenters. The van der Waals surface area contributed by atoms with E-state index in [-0.39, 0.29) is 31.3 Å². The van der Waals surface area contributed by atoms with Gasteiger partial charge in [0, 0.05) is 22.6 Å². The van der Waals surface area contributed by atoms with Crippen LogP contribution in [0.2, 0.25) is 0 Å². The van der Waals surface area contributed by atoms with Crippen LogP contribution in [0.4, 0.5) is 52.7 Å². The molecule has 0 fully saturated rings. The second kappa shape index (κ2) is 60.1. The summed E-state index contributed by atoms with van der Waals surface area (Å²) in [5.41, 5.74) is 2.43. The summed E-state index contributed by atoms with van der Waals surface area (Å²) in [5, 5.41) is 41.5. The Balaban J connectivity index is -0.00000140. The smallest absolute Gasteiger partial charge is 0.426 e. The van der Waals surface area contributed by atoms with Gasteiger partial charge in [-0.3, -0.25) is 33.6 Å². The van der Waals surface area contributed by atoms with E-state index in [1.54, 1.807) is 62.4 Å². The highest BCUT2D eigenvalue weighted by molar-refractivity contribution is 6.17. The van der Waals surface area contributed by atoms with Crippen LogP contribution in [0.3, 0.4) is 0 Å². The first-order chi connectivity index (χ1) is 53.9. The summed E-state index contributed by atoms with van der Waals surface area (Å²) < 4.78 is 191. The van der Waals surface area contributed by atoms with E-state index >= 15 is 0 Å². The van der Waals surface area contributed by atoms with Gasteiger partial charge in [-0.05, 0) is 107 Å². The standard InChI is InChI=1S/C25H33F3O7.C17H25F3O6.C13H22O4.C12H13F3O4.C8H9Cl.C4H5F3O3/c1-5-6-7-8-9-18(3)34-23(30)14-17(2)24(31)35-21(25(26,27)28)15-22(29)33-16-19-10-12-20(32-4)13-11-19;1-4-5-6-7-8-12(3)25-15(23)9-11(2)16(24)26-13(10-14(21)22)17(18,19)20;1-4-5-6-7-8-11(3)17-12(14)9-10(2)13(15)16;1-18-9-4-2-8(3-5-9)7-19-11(17)6-10(16)12(13,14)15;1-7-2-4-8(6-9)5-3-7;5-4(6,7)2(8)1-3(9)10/h10-13,18,21H,2,5-9,14-16H2,1,3-4H3;12-13H,2,4-10H2,1,3H3,(H,21,22);11H,2,4-9H2,1,3H3,(H,15,16);2-5,10,16H,6-7H2,1H3;2-5H,6H2,1H3;2,8H,1H2,(H,9,10)/t18-,21-;12-,13-;11-;10-;;2-/m1111.1/s1. The quantitative estimate of drug-likeness (QED) is 0.00876. The highest BCUT2D eigenvalue weighted by Crippen LogP contribution is 2.30. The summed E-state index contributed by atoms with van der Waals surface area (Å²) in [6, 6.07) is 21.1. The number of hydrogen-bond donors (Lipinski definition) is 5. The minimum atomic E-state index is -5.04. The van der Waals surface area contributed by atoms with Gasteiger partial charge in [0.15, 0.2) is 12.2 Å². The number of unbranched alkanes of at least 4 members (excludes halogenated alkanes) is 9. The Bertz CT molecular complexity index is 3420. The third kappa shape index (κ3) is 58.4. The van der Waals surface area contributed by atoms with E-state index in [4.69, 9.17) is 65.6 Å². The number of alkyl halides is 13. The number of carboxylic acids is 3. The highest BCUT2D eigenvalue weighted by Gasteiger charge is 2.46. The molecule has 0 bridgehead atoms. The fourth-order valence-corrected chi connectivity index (χ4v) is 8.78. The molecule has 37 heteroatoms. The maximum absolute atomic E-state index is 13.3. The molecule has 0 unspecified atom stereocenters. The first kappa shape index (κ1) is 111. The summed E-state index contributed by atoms with van der Waals surface area (Å²) in [4.78, 5) is 112. The Morgan fingerprint density at radius 2 is 0.698 bits per heavy atom. The summed E-state index contributed by atoms with van der Waals surface area (Å²) in [6.45, 7) is 22.9. The Hall–Kier alpha value is -9.45. The van der Waals surface area contributed by atoms with Gasteiger partial charge in [-0.25, -0.2) is 14.4 Å². The Morgan fingerprint density at radius 3 is 0.974 bits per heavy atom. The molecule has 0 aliphatic rings.